The molecule has 1 aliphatic rings. The van der Waals surface area contributed by atoms with Crippen LogP contribution in [0.4, 0.5) is 5.82 Å². The third-order valence-corrected chi connectivity index (χ3v) is 5.36. The summed E-state index contributed by atoms with van der Waals surface area (Å²) in [6.07, 6.45) is 1.45. The molecule has 4 heterocycles. The van der Waals surface area contributed by atoms with Crippen molar-refractivity contribution in [2.24, 2.45) is 0 Å². The van der Waals surface area contributed by atoms with Crippen molar-refractivity contribution in [3.63, 3.8) is 0 Å². The van der Waals surface area contributed by atoms with Gasteiger partial charge in [-0.15, -0.1) is 22.7 Å². The van der Waals surface area contributed by atoms with Crippen LogP contribution in [0.5, 0.6) is 0 Å². The molecule has 0 atom stereocenters. The third kappa shape index (κ3) is 2.23. The largest absolute Gasteiger partial charge is 0.335 e. The number of aromatic nitrogens is 2. The Bertz CT molecular complexity index is 973. The number of fused-ring (bicyclic) bond motifs is 1. The van der Waals surface area contributed by atoms with Gasteiger partial charge < -0.3 is 5.32 Å². The Kier molecular flexibility index (Phi) is 3.21. The molecule has 3 aromatic rings. The van der Waals surface area contributed by atoms with Crippen molar-refractivity contribution < 1.29 is 9.59 Å². The number of nitrogens with zero attached hydrogens (tertiary/aromatic N) is 2. The summed E-state index contributed by atoms with van der Waals surface area (Å²) in [7, 11) is 0. The van der Waals surface area contributed by atoms with Gasteiger partial charge in [0.05, 0.1) is 5.39 Å². The first-order chi connectivity index (χ1) is 11.1. The summed E-state index contributed by atoms with van der Waals surface area (Å²) < 4.78 is 0. The molecular weight excluding hydrogens is 332 g/mol. The number of thiophene rings is 2. The molecule has 3 aromatic heterocycles. The lowest BCUT2D eigenvalue weighted by Crippen LogP contribution is -2.24. The van der Waals surface area contributed by atoms with Crippen LogP contribution in [0.3, 0.4) is 0 Å². The lowest BCUT2D eigenvalue weighted by Gasteiger charge is -2.07. The molecule has 1 aliphatic heterocycles. The highest BCUT2D eigenvalue weighted by molar-refractivity contribution is 7.18. The van der Waals surface area contributed by atoms with Crippen LogP contribution in [-0.2, 0) is 9.59 Å². The zero-order valence-electron chi connectivity index (χ0n) is 11.9. The van der Waals surface area contributed by atoms with E-state index in [0.717, 1.165) is 20.7 Å². The summed E-state index contributed by atoms with van der Waals surface area (Å²) in [6.45, 7) is 1.61. The van der Waals surface area contributed by atoms with Crippen molar-refractivity contribution in [1.29, 1.82) is 0 Å². The lowest BCUT2D eigenvalue weighted by atomic mass is 10.2. The second-order valence-electron chi connectivity index (χ2n) is 4.94. The Labute approximate surface area is 138 Å². The number of imide groups is 1. The molecule has 2 amide bonds. The second-order valence-corrected chi connectivity index (χ2v) is 6.74. The van der Waals surface area contributed by atoms with E-state index in [1.807, 2.05) is 22.9 Å². The minimum Gasteiger partial charge on any atom is -0.335 e. The van der Waals surface area contributed by atoms with Crippen LogP contribution in [-0.4, -0.2) is 21.8 Å². The van der Waals surface area contributed by atoms with E-state index < -0.39 is 5.91 Å². The van der Waals surface area contributed by atoms with E-state index in [0.29, 0.717) is 11.4 Å². The Hall–Kier alpha value is -2.58. The smallest absolute Gasteiger partial charge is 0.275 e. The highest BCUT2D eigenvalue weighted by Crippen LogP contribution is 2.38. The monoisotopic (exact) mass is 342 g/mol. The minimum absolute atomic E-state index is 0.235. The van der Waals surface area contributed by atoms with Crippen molar-refractivity contribution in [1.82, 2.24) is 15.3 Å². The molecule has 2 N–H and O–H groups in total. The molecule has 23 heavy (non-hydrogen) atoms. The topological polar surface area (TPSA) is 84.0 Å². The van der Waals surface area contributed by atoms with Gasteiger partial charge in [-0.25, -0.2) is 9.97 Å². The van der Waals surface area contributed by atoms with E-state index in [9.17, 15) is 9.59 Å². The SMILES string of the molecule is CC1=C(Nc2ncnc3scc(-c4cccs4)c23)C(=O)NC1=O. The summed E-state index contributed by atoms with van der Waals surface area (Å²) >= 11 is 3.14. The second kappa shape index (κ2) is 5.25. The molecule has 0 saturated carbocycles. The highest BCUT2D eigenvalue weighted by Gasteiger charge is 2.28. The normalized spacial score (nSPS) is 14.7. The fourth-order valence-electron chi connectivity index (χ4n) is 2.40. The molecule has 0 radical (unpaired) electrons. The van der Waals surface area contributed by atoms with E-state index >= 15 is 0 Å². The van der Waals surface area contributed by atoms with Gasteiger partial charge in [0.25, 0.3) is 11.8 Å². The standard InChI is InChI=1S/C15H10N4O2S2/c1-7-11(14(21)19-13(7)20)18-12-10-8(9-3-2-4-22-9)5-23-15(10)17-6-16-12/h2-6H,1H3,(H2,16,17,18,19,20,21). The van der Waals surface area contributed by atoms with Crippen LogP contribution >= 0.6 is 22.7 Å². The number of carbonyl (C=O) groups is 2. The Morgan fingerprint density at radius 2 is 2.04 bits per heavy atom. The zero-order valence-corrected chi connectivity index (χ0v) is 13.5. The average molecular weight is 342 g/mol. The first-order valence-corrected chi connectivity index (χ1v) is 8.50. The molecule has 0 unspecified atom stereocenters. The summed E-state index contributed by atoms with van der Waals surface area (Å²) in [5, 5.41) is 10.2. The zero-order chi connectivity index (χ0) is 16.0. The number of nitrogens with one attached hydrogen (secondary N) is 2. The van der Waals surface area contributed by atoms with Gasteiger partial charge in [0, 0.05) is 21.4 Å². The number of carbonyl (C=O) groups excluding carboxylic acids is 2. The molecule has 0 aliphatic carbocycles. The number of hydrogen-bond donors (Lipinski definition) is 2. The van der Waals surface area contributed by atoms with E-state index in [-0.39, 0.29) is 11.6 Å². The predicted molar refractivity (Wildman–Crippen MR) is 90.2 cm³/mol. The number of rotatable bonds is 3. The molecule has 4 rings (SSSR count). The molecule has 0 bridgehead atoms. The number of amides is 2. The maximum Gasteiger partial charge on any atom is 0.275 e. The molecule has 114 valence electrons. The van der Waals surface area contributed by atoms with Gasteiger partial charge in [0.2, 0.25) is 0 Å². The summed E-state index contributed by atoms with van der Waals surface area (Å²) in [5.74, 6) is -0.294. The minimum atomic E-state index is -0.438. The van der Waals surface area contributed by atoms with Crippen LogP contribution in [0.15, 0.2) is 40.5 Å². The molecule has 8 heteroatoms. The quantitative estimate of drug-likeness (QED) is 0.715. The Balaban J connectivity index is 1.87. The van der Waals surface area contributed by atoms with Crippen LogP contribution in [0.1, 0.15) is 6.92 Å². The van der Waals surface area contributed by atoms with Gasteiger partial charge in [-0.3, -0.25) is 14.9 Å². The van der Waals surface area contributed by atoms with Gasteiger partial charge in [-0.1, -0.05) is 6.07 Å². The maximum absolute atomic E-state index is 11.9. The fraction of sp³-hybridized carbons (Fsp3) is 0.0667. The van der Waals surface area contributed by atoms with Crippen LogP contribution in [0, 0.1) is 0 Å². The van der Waals surface area contributed by atoms with Crippen molar-refractivity contribution in [3.8, 4) is 10.4 Å². The molecular formula is C15H10N4O2S2. The Morgan fingerprint density at radius 1 is 1.17 bits per heavy atom. The maximum atomic E-state index is 11.9. The van der Waals surface area contributed by atoms with Gasteiger partial charge in [-0.2, -0.15) is 0 Å². The van der Waals surface area contributed by atoms with Crippen molar-refractivity contribution in [3.05, 3.63) is 40.5 Å². The van der Waals surface area contributed by atoms with Gasteiger partial charge in [0.1, 0.15) is 22.7 Å². The molecule has 0 spiro atoms. The first-order valence-electron chi connectivity index (χ1n) is 6.75. The molecule has 6 nitrogen and oxygen atoms in total. The highest BCUT2D eigenvalue weighted by atomic mass is 32.1. The van der Waals surface area contributed by atoms with Gasteiger partial charge in [0.15, 0.2) is 0 Å². The molecule has 0 aromatic carbocycles. The van der Waals surface area contributed by atoms with E-state index in [2.05, 4.69) is 20.6 Å². The van der Waals surface area contributed by atoms with Crippen molar-refractivity contribution in [2.75, 3.05) is 5.32 Å². The average Bonchev–Trinajstić information content (AvgIpc) is 3.24. The summed E-state index contributed by atoms with van der Waals surface area (Å²) in [5.41, 5.74) is 1.61. The third-order valence-electron chi connectivity index (χ3n) is 3.57. The fourth-order valence-corrected chi connectivity index (χ4v) is 4.13. The summed E-state index contributed by atoms with van der Waals surface area (Å²) in [6, 6.07) is 4.01. The van der Waals surface area contributed by atoms with Crippen LogP contribution in [0.25, 0.3) is 20.7 Å². The van der Waals surface area contributed by atoms with Crippen molar-refractivity contribution >= 4 is 50.5 Å². The first kappa shape index (κ1) is 14.0. The van der Waals surface area contributed by atoms with Gasteiger partial charge >= 0.3 is 0 Å². The molecule has 0 saturated heterocycles. The van der Waals surface area contributed by atoms with Gasteiger partial charge in [-0.05, 0) is 18.4 Å². The number of hydrogen-bond acceptors (Lipinski definition) is 7. The number of anilines is 1. The summed E-state index contributed by atoms with van der Waals surface area (Å²) in [4.78, 5) is 34.0. The lowest BCUT2D eigenvalue weighted by molar-refractivity contribution is -0.124. The van der Waals surface area contributed by atoms with E-state index in [1.54, 1.807) is 18.3 Å². The van der Waals surface area contributed by atoms with Crippen LogP contribution in [0.2, 0.25) is 0 Å². The van der Waals surface area contributed by atoms with E-state index in [1.165, 1.54) is 17.7 Å². The van der Waals surface area contributed by atoms with Crippen LogP contribution < -0.4 is 10.6 Å². The van der Waals surface area contributed by atoms with Crippen molar-refractivity contribution in [2.45, 2.75) is 6.92 Å². The molecule has 0 fully saturated rings. The predicted octanol–water partition coefficient (Wildman–Crippen LogP) is 2.76. The Morgan fingerprint density at radius 3 is 2.74 bits per heavy atom. The van der Waals surface area contributed by atoms with E-state index in [4.69, 9.17) is 0 Å².